The van der Waals surface area contributed by atoms with Gasteiger partial charge in [-0.1, -0.05) is 12.1 Å². The number of ether oxygens (including phenoxy) is 1. The van der Waals surface area contributed by atoms with E-state index in [-0.39, 0.29) is 16.3 Å². The Bertz CT molecular complexity index is 911. The van der Waals surface area contributed by atoms with Gasteiger partial charge >= 0.3 is 5.97 Å². The molecule has 0 unspecified atom stereocenters. The molecule has 0 aliphatic rings. The summed E-state index contributed by atoms with van der Waals surface area (Å²) in [4.78, 5) is 10.9. The number of aryl methyl sites for hydroxylation is 1. The maximum absolute atomic E-state index is 13.9. The summed E-state index contributed by atoms with van der Waals surface area (Å²) in [5, 5.41) is 9.15. The minimum Gasteiger partial charge on any atom is -0.494 e. The zero-order valence-electron chi connectivity index (χ0n) is 14.0. The Labute approximate surface area is 145 Å². The Kier molecular flexibility index (Phi) is 5.32. The number of hydrogen-bond donors (Lipinski definition) is 1. The van der Waals surface area contributed by atoms with Gasteiger partial charge in [0.1, 0.15) is 6.54 Å². The lowest BCUT2D eigenvalue weighted by Crippen LogP contribution is -2.36. The van der Waals surface area contributed by atoms with E-state index < -0.39 is 28.4 Å². The predicted molar refractivity (Wildman–Crippen MR) is 91.0 cm³/mol. The van der Waals surface area contributed by atoms with Crippen LogP contribution in [-0.2, 0) is 14.8 Å². The van der Waals surface area contributed by atoms with Gasteiger partial charge in [-0.15, -0.1) is 0 Å². The Morgan fingerprint density at radius 1 is 1.24 bits per heavy atom. The van der Waals surface area contributed by atoms with Crippen molar-refractivity contribution in [2.45, 2.75) is 18.7 Å². The number of carbonyl (C=O) groups is 1. The van der Waals surface area contributed by atoms with Crippen LogP contribution < -0.4 is 9.04 Å². The number of benzene rings is 2. The van der Waals surface area contributed by atoms with E-state index in [0.717, 1.165) is 15.9 Å². The van der Waals surface area contributed by atoms with E-state index in [2.05, 4.69) is 0 Å². The summed E-state index contributed by atoms with van der Waals surface area (Å²) < 4.78 is 45.3. The van der Waals surface area contributed by atoms with Gasteiger partial charge in [-0.2, -0.15) is 0 Å². The summed E-state index contributed by atoms with van der Waals surface area (Å²) in [5.74, 6) is -2.27. The molecule has 0 aliphatic heterocycles. The van der Waals surface area contributed by atoms with Crippen molar-refractivity contribution in [1.82, 2.24) is 0 Å². The van der Waals surface area contributed by atoms with Crippen LogP contribution in [0.3, 0.4) is 0 Å². The molecule has 8 heteroatoms. The molecule has 0 fully saturated rings. The second-order valence-corrected chi connectivity index (χ2v) is 7.28. The molecular formula is C17H18FNO5S. The highest BCUT2D eigenvalue weighted by atomic mass is 32.2. The van der Waals surface area contributed by atoms with E-state index in [9.17, 15) is 17.6 Å². The van der Waals surface area contributed by atoms with Gasteiger partial charge in [-0.25, -0.2) is 12.8 Å². The van der Waals surface area contributed by atoms with Crippen molar-refractivity contribution in [2.24, 2.45) is 0 Å². The molecule has 6 nitrogen and oxygen atoms in total. The summed E-state index contributed by atoms with van der Waals surface area (Å²) in [6, 6.07) is 8.12. The molecule has 0 bridgehead atoms. The maximum Gasteiger partial charge on any atom is 0.324 e. The number of hydrogen-bond acceptors (Lipinski definition) is 4. The number of anilines is 1. The van der Waals surface area contributed by atoms with Crippen LogP contribution in [0.1, 0.15) is 11.1 Å². The molecule has 0 aliphatic carbocycles. The lowest BCUT2D eigenvalue weighted by atomic mass is 10.1. The number of carboxylic acid groups (broad SMARTS) is 1. The number of sulfonamides is 1. The highest BCUT2D eigenvalue weighted by Gasteiger charge is 2.29. The monoisotopic (exact) mass is 367 g/mol. The predicted octanol–water partition coefficient (Wildman–Crippen LogP) is 2.73. The molecule has 2 aromatic carbocycles. The second-order valence-electron chi connectivity index (χ2n) is 5.42. The fourth-order valence-electron chi connectivity index (χ4n) is 2.36. The Balaban J connectivity index is 2.62. The van der Waals surface area contributed by atoms with Gasteiger partial charge in [0.25, 0.3) is 10.0 Å². The first-order valence-corrected chi connectivity index (χ1v) is 8.76. The van der Waals surface area contributed by atoms with Crippen LogP contribution >= 0.6 is 0 Å². The number of carboxylic acids is 1. The van der Waals surface area contributed by atoms with E-state index in [4.69, 9.17) is 9.84 Å². The lowest BCUT2D eigenvalue weighted by Gasteiger charge is -2.25. The smallest absolute Gasteiger partial charge is 0.324 e. The molecule has 134 valence electrons. The van der Waals surface area contributed by atoms with Crippen molar-refractivity contribution in [2.75, 3.05) is 18.0 Å². The number of methoxy groups -OCH3 is 1. The van der Waals surface area contributed by atoms with E-state index in [1.165, 1.54) is 25.3 Å². The second kappa shape index (κ2) is 7.10. The Hall–Kier alpha value is -2.61. The Morgan fingerprint density at radius 3 is 2.48 bits per heavy atom. The highest BCUT2D eigenvalue weighted by molar-refractivity contribution is 7.92. The van der Waals surface area contributed by atoms with Gasteiger partial charge in [0, 0.05) is 0 Å². The summed E-state index contributed by atoms with van der Waals surface area (Å²) in [6.07, 6.45) is 0. The van der Waals surface area contributed by atoms with Crippen molar-refractivity contribution >= 4 is 21.7 Å². The standard InChI is InChI=1S/C17H18FNO5S/c1-11-5-4-6-15(12(11)2)19(10-17(20)21)25(22,23)13-7-8-16(24-3)14(18)9-13/h4-9H,10H2,1-3H3,(H,20,21). The van der Waals surface area contributed by atoms with Gasteiger partial charge in [0.15, 0.2) is 11.6 Å². The van der Waals surface area contributed by atoms with Crippen molar-refractivity contribution in [3.63, 3.8) is 0 Å². The third-order valence-electron chi connectivity index (χ3n) is 3.83. The number of aliphatic carboxylic acids is 1. The summed E-state index contributed by atoms with van der Waals surface area (Å²) in [7, 11) is -3.02. The van der Waals surface area contributed by atoms with Crippen LogP contribution in [0.4, 0.5) is 10.1 Å². The first-order valence-electron chi connectivity index (χ1n) is 7.32. The number of rotatable bonds is 6. The molecule has 0 spiro atoms. The molecule has 0 heterocycles. The van der Waals surface area contributed by atoms with Gasteiger partial charge in [0.05, 0.1) is 17.7 Å². The molecule has 0 radical (unpaired) electrons. The van der Waals surface area contributed by atoms with Crippen molar-refractivity contribution < 1.29 is 27.4 Å². The summed E-state index contributed by atoms with van der Waals surface area (Å²) in [6.45, 7) is 2.71. The molecule has 0 aromatic heterocycles. The van der Waals surface area contributed by atoms with Crippen LogP contribution in [0.2, 0.25) is 0 Å². The van der Waals surface area contributed by atoms with Crippen molar-refractivity contribution in [3.8, 4) is 5.75 Å². The van der Waals surface area contributed by atoms with E-state index in [1.54, 1.807) is 26.0 Å². The van der Waals surface area contributed by atoms with E-state index >= 15 is 0 Å². The van der Waals surface area contributed by atoms with E-state index in [0.29, 0.717) is 5.56 Å². The van der Waals surface area contributed by atoms with Crippen LogP contribution in [0.5, 0.6) is 5.75 Å². The summed E-state index contributed by atoms with van der Waals surface area (Å²) in [5.41, 5.74) is 1.67. The van der Waals surface area contributed by atoms with E-state index in [1.807, 2.05) is 0 Å². The molecule has 2 aromatic rings. The number of nitrogens with zero attached hydrogens (tertiary/aromatic N) is 1. The molecule has 0 saturated heterocycles. The highest BCUT2D eigenvalue weighted by Crippen LogP contribution is 2.30. The van der Waals surface area contributed by atoms with Crippen LogP contribution in [-0.4, -0.2) is 33.1 Å². The molecule has 0 atom stereocenters. The third kappa shape index (κ3) is 3.74. The maximum atomic E-state index is 13.9. The SMILES string of the molecule is COc1ccc(S(=O)(=O)N(CC(=O)O)c2cccc(C)c2C)cc1F. The van der Waals surface area contributed by atoms with Crippen LogP contribution in [0.25, 0.3) is 0 Å². The van der Waals surface area contributed by atoms with Crippen molar-refractivity contribution in [1.29, 1.82) is 0 Å². The average molecular weight is 367 g/mol. The molecule has 1 N–H and O–H groups in total. The van der Waals surface area contributed by atoms with Gasteiger partial charge in [0.2, 0.25) is 0 Å². The molecule has 2 rings (SSSR count). The number of halogens is 1. The minimum absolute atomic E-state index is 0.101. The van der Waals surface area contributed by atoms with Crippen molar-refractivity contribution in [3.05, 3.63) is 53.3 Å². The quantitative estimate of drug-likeness (QED) is 0.849. The average Bonchev–Trinajstić information content (AvgIpc) is 2.55. The fraction of sp³-hybridized carbons (Fsp3) is 0.235. The van der Waals surface area contributed by atoms with Crippen LogP contribution in [0.15, 0.2) is 41.3 Å². The first-order chi connectivity index (χ1) is 11.7. The minimum atomic E-state index is -4.28. The molecule has 0 amide bonds. The topological polar surface area (TPSA) is 83.9 Å². The van der Waals surface area contributed by atoms with Gasteiger partial charge in [-0.3, -0.25) is 9.10 Å². The zero-order valence-corrected chi connectivity index (χ0v) is 14.8. The molecule has 25 heavy (non-hydrogen) atoms. The van der Waals surface area contributed by atoms with Crippen LogP contribution in [0, 0.1) is 19.7 Å². The largest absolute Gasteiger partial charge is 0.494 e. The van der Waals surface area contributed by atoms with Gasteiger partial charge in [-0.05, 0) is 49.2 Å². The zero-order chi connectivity index (χ0) is 18.8. The molecular weight excluding hydrogens is 349 g/mol. The first kappa shape index (κ1) is 18.7. The Morgan fingerprint density at radius 2 is 1.92 bits per heavy atom. The normalized spacial score (nSPS) is 11.2. The van der Waals surface area contributed by atoms with Gasteiger partial charge < -0.3 is 9.84 Å². The summed E-state index contributed by atoms with van der Waals surface area (Å²) >= 11 is 0. The third-order valence-corrected chi connectivity index (χ3v) is 5.59. The fourth-order valence-corrected chi connectivity index (χ4v) is 3.85. The lowest BCUT2D eigenvalue weighted by molar-refractivity contribution is -0.135. The molecule has 0 saturated carbocycles.